The molecule has 1 aromatic heterocycles. The minimum absolute atomic E-state index is 0.551. The number of likely N-dealkylation sites (N-methyl/N-ethyl adjacent to an activating group) is 1. The second kappa shape index (κ2) is 3.52. The number of tetrazole rings is 1. The van der Waals surface area contributed by atoms with Crippen LogP contribution in [0.5, 0.6) is 0 Å². The van der Waals surface area contributed by atoms with E-state index in [0.29, 0.717) is 5.16 Å². The van der Waals surface area contributed by atoms with E-state index in [4.69, 9.17) is 0 Å². The first-order valence-corrected chi connectivity index (χ1v) is 3.39. The van der Waals surface area contributed by atoms with Crippen molar-refractivity contribution >= 4 is 12.6 Å². The van der Waals surface area contributed by atoms with Crippen LogP contribution in [0.15, 0.2) is 5.16 Å². The third-order valence-corrected chi connectivity index (χ3v) is 1.41. The molecule has 0 fully saturated rings. The molecule has 1 N–H and O–H groups in total. The maximum Gasteiger partial charge on any atom is 0.206 e. The van der Waals surface area contributed by atoms with E-state index in [2.05, 4.69) is 33.5 Å². The van der Waals surface area contributed by atoms with Gasteiger partial charge in [-0.3, -0.25) is 0 Å². The van der Waals surface area contributed by atoms with Crippen molar-refractivity contribution in [3.8, 4) is 0 Å². The summed E-state index contributed by atoms with van der Waals surface area (Å²) in [4.78, 5) is 0. The van der Waals surface area contributed by atoms with Gasteiger partial charge >= 0.3 is 0 Å². The molecule has 10 heavy (non-hydrogen) atoms. The molecule has 0 aliphatic carbocycles. The average Bonchev–Trinajstić information content (AvgIpc) is 2.31. The van der Waals surface area contributed by atoms with Crippen LogP contribution in [0.1, 0.15) is 0 Å². The Bertz CT molecular complexity index is 197. The average molecular weight is 159 g/mol. The number of thiol groups is 1. The van der Waals surface area contributed by atoms with Crippen LogP contribution in [0.3, 0.4) is 0 Å². The molecular formula is C4H9N5S. The first kappa shape index (κ1) is 7.49. The van der Waals surface area contributed by atoms with Gasteiger partial charge in [0.2, 0.25) is 5.16 Å². The Hall–Kier alpha value is -0.620. The summed E-state index contributed by atoms with van der Waals surface area (Å²) in [5.41, 5.74) is 0. The quantitative estimate of drug-likeness (QED) is 0.566. The van der Waals surface area contributed by atoms with Gasteiger partial charge in [0.1, 0.15) is 0 Å². The fourth-order valence-corrected chi connectivity index (χ4v) is 0.742. The first-order chi connectivity index (χ1) is 4.84. The van der Waals surface area contributed by atoms with E-state index in [1.54, 1.807) is 4.68 Å². The summed E-state index contributed by atoms with van der Waals surface area (Å²) in [5, 5.41) is 14.3. The van der Waals surface area contributed by atoms with Crippen LogP contribution >= 0.6 is 12.6 Å². The molecule has 0 aliphatic heterocycles. The third-order valence-electron chi connectivity index (χ3n) is 1.09. The molecule has 6 heteroatoms. The van der Waals surface area contributed by atoms with E-state index < -0.39 is 0 Å². The van der Waals surface area contributed by atoms with Crippen molar-refractivity contribution in [2.24, 2.45) is 0 Å². The summed E-state index contributed by atoms with van der Waals surface area (Å²) in [6.45, 7) is 1.60. The van der Waals surface area contributed by atoms with Crippen LogP contribution in [0.4, 0.5) is 0 Å². The minimum atomic E-state index is 0.551. The Balaban J connectivity index is 2.49. The third kappa shape index (κ3) is 1.68. The van der Waals surface area contributed by atoms with Crippen molar-refractivity contribution in [2.75, 3.05) is 13.6 Å². The monoisotopic (exact) mass is 159 g/mol. The van der Waals surface area contributed by atoms with E-state index in [1.165, 1.54) is 0 Å². The fourth-order valence-electron chi connectivity index (χ4n) is 0.562. The normalized spacial score (nSPS) is 10.2. The molecule has 0 saturated heterocycles. The fraction of sp³-hybridized carbons (Fsp3) is 0.750. The largest absolute Gasteiger partial charge is 0.318 e. The molecule has 0 radical (unpaired) electrons. The topological polar surface area (TPSA) is 55.6 Å². The molecule has 1 rings (SSSR count). The van der Waals surface area contributed by atoms with Gasteiger partial charge < -0.3 is 5.32 Å². The second-order valence-electron chi connectivity index (χ2n) is 1.81. The summed E-state index contributed by atoms with van der Waals surface area (Å²) < 4.78 is 1.62. The van der Waals surface area contributed by atoms with Crippen LogP contribution in [-0.4, -0.2) is 33.8 Å². The van der Waals surface area contributed by atoms with Crippen LogP contribution in [0.25, 0.3) is 0 Å². The van der Waals surface area contributed by atoms with Gasteiger partial charge in [0, 0.05) is 6.54 Å². The minimum Gasteiger partial charge on any atom is -0.318 e. The molecule has 56 valence electrons. The number of rotatable bonds is 3. The lowest BCUT2D eigenvalue weighted by atomic mass is 10.6. The number of hydrogen-bond donors (Lipinski definition) is 2. The summed E-state index contributed by atoms with van der Waals surface area (Å²) >= 11 is 4.02. The van der Waals surface area contributed by atoms with E-state index in [1.807, 2.05) is 7.05 Å². The first-order valence-electron chi connectivity index (χ1n) is 2.94. The number of nitrogens with one attached hydrogen (secondary N) is 1. The number of hydrogen-bond acceptors (Lipinski definition) is 5. The molecular weight excluding hydrogens is 150 g/mol. The van der Waals surface area contributed by atoms with Gasteiger partial charge in [-0.1, -0.05) is 0 Å². The van der Waals surface area contributed by atoms with Gasteiger partial charge in [-0.25, -0.2) is 4.68 Å². The van der Waals surface area contributed by atoms with E-state index >= 15 is 0 Å². The van der Waals surface area contributed by atoms with E-state index in [-0.39, 0.29) is 0 Å². The summed E-state index contributed by atoms with van der Waals surface area (Å²) in [5.74, 6) is 0. The lowest BCUT2D eigenvalue weighted by Crippen LogP contribution is -2.16. The van der Waals surface area contributed by atoms with Crippen molar-refractivity contribution in [1.29, 1.82) is 0 Å². The molecule has 0 bridgehead atoms. The predicted octanol–water partition coefficient (Wildman–Crippen LogP) is -0.819. The Morgan fingerprint density at radius 3 is 3.00 bits per heavy atom. The van der Waals surface area contributed by atoms with Gasteiger partial charge in [-0.2, -0.15) is 0 Å². The SMILES string of the molecule is CNCCn1nnnc1S. The summed E-state index contributed by atoms with van der Waals surface area (Å²) in [6.07, 6.45) is 0. The highest BCUT2D eigenvalue weighted by Gasteiger charge is 1.97. The van der Waals surface area contributed by atoms with Gasteiger partial charge in [0.15, 0.2) is 0 Å². The number of aromatic nitrogens is 4. The molecule has 1 heterocycles. The lowest BCUT2D eigenvalue weighted by molar-refractivity contribution is 0.531. The molecule has 5 nitrogen and oxygen atoms in total. The highest BCUT2D eigenvalue weighted by molar-refractivity contribution is 7.80. The molecule has 0 spiro atoms. The zero-order valence-corrected chi connectivity index (χ0v) is 6.54. The maximum atomic E-state index is 4.02. The summed E-state index contributed by atoms with van der Waals surface area (Å²) in [6, 6.07) is 0. The van der Waals surface area contributed by atoms with Crippen molar-refractivity contribution < 1.29 is 0 Å². The zero-order valence-electron chi connectivity index (χ0n) is 5.65. The van der Waals surface area contributed by atoms with Gasteiger partial charge in [0.05, 0.1) is 6.54 Å². The van der Waals surface area contributed by atoms with Crippen molar-refractivity contribution in [2.45, 2.75) is 11.7 Å². The van der Waals surface area contributed by atoms with E-state index in [9.17, 15) is 0 Å². The maximum absolute atomic E-state index is 4.02. The van der Waals surface area contributed by atoms with Gasteiger partial charge in [-0.05, 0) is 17.5 Å². The lowest BCUT2D eigenvalue weighted by Gasteiger charge is -1.97. The molecule has 0 atom stereocenters. The molecule has 0 aromatic carbocycles. The van der Waals surface area contributed by atoms with Crippen LogP contribution in [0, 0.1) is 0 Å². The Morgan fingerprint density at radius 2 is 2.50 bits per heavy atom. The van der Waals surface area contributed by atoms with Gasteiger partial charge in [0.25, 0.3) is 0 Å². The Labute approximate surface area is 64.2 Å². The standard InChI is InChI=1S/C4H9N5S/c1-5-2-3-9-4(10)6-7-8-9/h5H,2-3H2,1H3,(H,6,8,10). The zero-order chi connectivity index (χ0) is 7.40. The van der Waals surface area contributed by atoms with E-state index in [0.717, 1.165) is 13.1 Å². The highest BCUT2D eigenvalue weighted by Crippen LogP contribution is 1.94. The summed E-state index contributed by atoms with van der Waals surface area (Å²) in [7, 11) is 1.88. The Kier molecular flexibility index (Phi) is 2.64. The Morgan fingerprint density at radius 1 is 1.70 bits per heavy atom. The van der Waals surface area contributed by atoms with Crippen LogP contribution in [0.2, 0.25) is 0 Å². The molecule has 0 amide bonds. The van der Waals surface area contributed by atoms with Crippen molar-refractivity contribution in [3.05, 3.63) is 0 Å². The van der Waals surface area contributed by atoms with Crippen molar-refractivity contribution in [1.82, 2.24) is 25.5 Å². The number of nitrogens with zero attached hydrogens (tertiary/aromatic N) is 4. The second-order valence-corrected chi connectivity index (χ2v) is 2.21. The highest BCUT2D eigenvalue weighted by atomic mass is 32.1. The smallest absolute Gasteiger partial charge is 0.206 e. The van der Waals surface area contributed by atoms with Crippen LogP contribution < -0.4 is 5.32 Å². The van der Waals surface area contributed by atoms with Gasteiger partial charge in [-0.15, -0.1) is 17.7 Å². The van der Waals surface area contributed by atoms with Crippen molar-refractivity contribution in [3.63, 3.8) is 0 Å². The van der Waals surface area contributed by atoms with Crippen LogP contribution in [-0.2, 0) is 6.54 Å². The molecule has 1 aromatic rings. The molecule has 0 saturated carbocycles. The molecule has 0 unspecified atom stereocenters. The predicted molar refractivity (Wildman–Crippen MR) is 39.0 cm³/mol. The molecule has 0 aliphatic rings.